The van der Waals surface area contributed by atoms with Gasteiger partial charge in [0.05, 0.1) is 18.0 Å². The monoisotopic (exact) mass is 323 g/mol. The van der Waals surface area contributed by atoms with Gasteiger partial charge in [-0.05, 0) is 37.3 Å². The Morgan fingerprint density at radius 2 is 1.91 bits per heavy atom. The molecule has 0 bridgehead atoms. The molecule has 3 nitrogen and oxygen atoms in total. The van der Waals surface area contributed by atoms with Gasteiger partial charge in [0.1, 0.15) is 5.75 Å². The standard InChI is InChI=1S/C16H15F2NO2S/c1-10(22-11-7-8-12(17)13(18)9-11)16(20)19-14-5-3-4-6-15(14)21-2/h3-10H,1-2H3,(H,19,20)/t10-/m1/s1. The second-order valence-electron chi connectivity index (χ2n) is 4.53. The highest BCUT2D eigenvalue weighted by molar-refractivity contribution is 8.00. The van der Waals surface area contributed by atoms with Crippen LogP contribution in [0.5, 0.6) is 5.75 Å². The number of carbonyl (C=O) groups excluding carboxylic acids is 1. The zero-order chi connectivity index (χ0) is 16.1. The maximum absolute atomic E-state index is 13.2. The average Bonchev–Trinajstić information content (AvgIpc) is 2.51. The van der Waals surface area contributed by atoms with Crippen LogP contribution in [0, 0.1) is 11.6 Å². The molecule has 6 heteroatoms. The molecule has 2 aromatic rings. The fraction of sp³-hybridized carbons (Fsp3) is 0.188. The molecule has 2 rings (SSSR count). The number of halogens is 2. The predicted octanol–water partition coefficient (Wildman–Crippen LogP) is 4.09. The summed E-state index contributed by atoms with van der Waals surface area (Å²) >= 11 is 1.15. The third kappa shape index (κ3) is 3.98. The van der Waals surface area contributed by atoms with Crippen molar-refractivity contribution in [1.82, 2.24) is 0 Å². The second kappa shape index (κ2) is 7.26. The second-order valence-corrected chi connectivity index (χ2v) is 5.94. The van der Waals surface area contributed by atoms with E-state index in [1.165, 1.54) is 13.2 Å². The summed E-state index contributed by atoms with van der Waals surface area (Å²) in [6.45, 7) is 1.69. The van der Waals surface area contributed by atoms with Crippen molar-refractivity contribution < 1.29 is 18.3 Å². The number of hydrogen-bond acceptors (Lipinski definition) is 3. The van der Waals surface area contributed by atoms with Gasteiger partial charge < -0.3 is 10.1 Å². The molecule has 116 valence electrons. The molecule has 0 saturated carbocycles. The summed E-state index contributed by atoms with van der Waals surface area (Å²) in [7, 11) is 1.52. The van der Waals surface area contributed by atoms with Gasteiger partial charge in [-0.3, -0.25) is 4.79 Å². The Kier molecular flexibility index (Phi) is 5.38. The number of amides is 1. The number of anilines is 1. The van der Waals surface area contributed by atoms with Crippen LogP contribution in [-0.4, -0.2) is 18.3 Å². The zero-order valence-corrected chi connectivity index (χ0v) is 12.9. The third-order valence-electron chi connectivity index (χ3n) is 2.94. The van der Waals surface area contributed by atoms with Crippen molar-refractivity contribution in [2.24, 2.45) is 0 Å². The lowest BCUT2D eigenvalue weighted by Crippen LogP contribution is -2.22. The molecule has 0 aliphatic carbocycles. The van der Waals surface area contributed by atoms with Gasteiger partial charge in [0, 0.05) is 4.90 Å². The minimum absolute atomic E-state index is 0.251. The van der Waals surface area contributed by atoms with E-state index in [1.54, 1.807) is 31.2 Å². The summed E-state index contributed by atoms with van der Waals surface area (Å²) in [5.41, 5.74) is 0.563. The van der Waals surface area contributed by atoms with Gasteiger partial charge >= 0.3 is 0 Å². The van der Waals surface area contributed by atoms with Crippen molar-refractivity contribution in [3.05, 3.63) is 54.1 Å². The first kappa shape index (κ1) is 16.3. The van der Waals surface area contributed by atoms with Gasteiger partial charge in [0.2, 0.25) is 5.91 Å². The summed E-state index contributed by atoms with van der Waals surface area (Å²) in [5.74, 6) is -1.53. The molecule has 0 fully saturated rings. The van der Waals surface area contributed by atoms with Crippen molar-refractivity contribution in [2.45, 2.75) is 17.1 Å². The number of methoxy groups -OCH3 is 1. The minimum atomic E-state index is -0.928. The van der Waals surface area contributed by atoms with E-state index in [0.717, 1.165) is 23.9 Å². The number of carbonyl (C=O) groups is 1. The lowest BCUT2D eigenvalue weighted by atomic mass is 10.3. The molecular formula is C16H15F2NO2S. The van der Waals surface area contributed by atoms with Crippen LogP contribution in [-0.2, 0) is 4.79 Å². The van der Waals surface area contributed by atoms with Crippen molar-refractivity contribution in [2.75, 3.05) is 12.4 Å². The van der Waals surface area contributed by atoms with Crippen LogP contribution in [0.4, 0.5) is 14.5 Å². The number of ether oxygens (including phenoxy) is 1. The lowest BCUT2D eigenvalue weighted by Gasteiger charge is -2.14. The Bertz CT molecular complexity index is 679. The molecule has 0 aliphatic heterocycles. The fourth-order valence-corrected chi connectivity index (χ4v) is 2.68. The van der Waals surface area contributed by atoms with Crippen molar-refractivity contribution in [3.8, 4) is 5.75 Å². The summed E-state index contributed by atoms with van der Waals surface area (Å²) in [4.78, 5) is 12.7. The quantitative estimate of drug-likeness (QED) is 0.842. The largest absolute Gasteiger partial charge is 0.495 e. The van der Waals surface area contributed by atoms with E-state index in [-0.39, 0.29) is 5.91 Å². The molecule has 0 radical (unpaired) electrons. The molecular weight excluding hydrogens is 308 g/mol. The Labute approximate surface area is 131 Å². The normalized spacial score (nSPS) is 11.8. The van der Waals surface area contributed by atoms with E-state index in [4.69, 9.17) is 4.74 Å². The van der Waals surface area contributed by atoms with E-state index < -0.39 is 16.9 Å². The Morgan fingerprint density at radius 1 is 1.18 bits per heavy atom. The van der Waals surface area contributed by atoms with E-state index in [2.05, 4.69) is 5.32 Å². The maximum Gasteiger partial charge on any atom is 0.237 e. The van der Waals surface area contributed by atoms with E-state index in [9.17, 15) is 13.6 Å². The van der Waals surface area contributed by atoms with Gasteiger partial charge in [-0.15, -0.1) is 11.8 Å². The number of rotatable bonds is 5. The Morgan fingerprint density at radius 3 is 2.59 bits per heavy atom. The maximum atomic E-state index is 13.2. The van der Waals surface area contributed by atoms with E-state index >= 15 is 0 Å². The number of thioether (sulfide) groups is 1. The predicted molar refractivity (Wildman–Crippen MR) is 83.3 cm³/mol. The van der Waals surface area contributed by atoms with Crippen LogP contribution in [0.3, 0.4) is 0 Å². The first-order valence-electron chi connectivity index (χ1n) is 6.57. The molecule has 1 N–H and O–H groups in total. The molecule has 0 heterocycles. The molecule has 22 heavy (non-hydrogen) atoms. The highest BCUT2D eigenvalue weighted by atomic mass is 32.2. The van der Waals surface area contributed by atoms with E-state index in [0.29, 0.717) is 16.3 Å². The topological polar surface area (TPSA) is 38.3 Å². The van der Waals surface area contributed by atoms with Gasteiger partial charge in [-0.2, -0.15) is 0 Å². The Balaban J connectivity index is 2.04. The van der Waals surface area contributed by atoms with Crippen molar-refractivity contribution >= 4 is 23.4 Å². The van der Waals surface area contributed by atoms with Crippen LogP contribution >= 0.6 is 11.8 Å². The lowest BCUT2D eigenvalue weighted by molar-refractivity contribution is -0.115. The molecule has 0 aliphatic rings. The summed E-state index contributed by atoms with van der Waals surface area (Å²) < 4.78 is 31.2. The SMILES string of the molecule is COc1ccccc1NC(=O)[C@@H](C)Sc1ccc(F)c(F)c1. The number of benzene rings is 2. The average molecular weight is 323 g/mol. The summed E-state index contributed by atoms with van der Waals surface area (Å²) in [6.07, 6.45) is 0. The van der Waals surface area contributed by atoms with Crippen molar-refractivity contribution in [3.63, 3.8) is 0 Å². The smallest absolute Gasteiger partial charge is 0.237 e. The third-order valence-corrected chi connectivity index (χ3v) is 4.03. The molecule has 1 amide bonds. The zero-order valence-electron chi connectivity index (χ0n) is 12.1. The summed E-state index contributed by atoms with van der Waals surface area (Å²) in [5, 5.41) is 2.28. The van der Waals surface area contributed by atoms with Gasteiger partial charge in [0.15, 0.2) is 11.6 Å². The highest BCUT2D eigenvalue weighted by Gasteiger charge is 2.17. The molecule has 1 atom stereocenters. The summed E-state index contributed by atoms with van der Waals surface area (Å²) in [6, 6.07) is 10.6. The van der Waals surface area contributed by atoms with Gasteiger partial charge in [-0.1, -0.05) is 12.1 Å². The molecule has 0 aromatic heterocycles. The van der Waals surface area contributed by atoms with Gasteiger partial charge in [-0.25, -0.2) is 8.78 Å². The first-order valence-corrected chi connectivity index (χ1v) is 7.45. The molecule has 0 spiro atoms. The van der Waals surface area contributed by atoms with Crippen LogP contribution in [0.25, 0.3) is 0 Å². The molecule has 0 saturated heterocycles. The van der Waals surface area contributed by atoms with Crippen molar-refractivity contribution in [1.29, 1.82) is 0 Å². The molecule has 2 aromatic carbocycles. The Hall–Kier alpha value is -2.08. The van der Waals surface area contributed by atoms with Crippen LogP contribution < -0.4 is 10.1 Å². The first-order chi connectivity index (χ1) is 10.5. The highest BCUT2D eigenvalue weighted by Crippen LogP contribution is 2.28. The molecule has 0 unspecified atom stereocenters. The fourth-order valence-electron chi connectivity index (χ4n) is 1.79. The van der Waals surface area contributed by atoms with Gasteiger partial charge in [0.25, 0.3) is 0 Å². The van der Waals surface area contributed by atoms with E-state index in [1.807, 2.05) is 0 Å². The van der Waals surface area contributed by atoms with Crippen LogP contribution in [0.2, 0.25) is 0 Å². The number of para-hydroxylation sites is 2. The van der Waals surface area contributed by atoms with Crippen LogP contribution in [0.1, 0.15) is 6.92 Å². The number of hydrogen-bond donors (Lipinski definition) is 1. The van der Waals surface area contributed by atoms with Crippen LogP contribution in [0.15, 0.2) is 47.4 Å². The minimum Gasteiger partial charge on any atom is -0.495 e. The number of nitrogens with one attached hydrogen (secondary N) is 1.